The highest BCUT2D eigenvalue weighted by atomic mass is 16.2. The Hall–Kier alpha value is -2.16. The van der Waals surface area contributed by atoms with Gasteiger partial charge in [0.15, 0.2) is 0 Å². The molecule has 18 heavy (non-hydrogen) atoms. The summed E-state index contributed by atoms with van der Waals surface area (Å²) in [6, 6.07) is 13.4. The van der Waals surface area contributed by atoms with Crippen LogP contribution in [0.1, 0.15) is 16.1 Å². The number of benzene rings is 1. The van der Waals surface area contributed by atoms with Crippen molar-refractivity contribution in [1.82, 2.24) is 9.88 Å². The predicted octanol–water partition coefficient (Wildman–Crippen LogP) is 2.76. The molecular formula is C15H16N2O. The zero-order valence-electron chi connectivity index (χ0n) is 10.8. The molecule has 0 unspecified atom stereocenters. The lowest BCUT2D eigenvalue weighted by molar-refractivity contribution is 0.0827. The standard InChI is InChI=1S/C15H16N2O/c1-11-5-4-6-14(16-11)12-7-9-13(10-8-12)15(18)17(2)3/h4-10H,1-3H3. The summed E-state index contributed by atoms with van der Waals surface area (Å²) in [5.41, 5.74) is 3.63. The molecule has 0 aliphatic rings. The molecule has 1 aromatic heterocycles. The summed E-state index contributed by atoms with van der Waals surface area (Å²) in [5.74, 6) is 0.0127. The number of carbonyl (C=O) groups excluding carboxylic acids is 1. The lowest BCUT2D eigenvalue weighted by Crippen LogP contribution is -2.21. The maximum absolute atomic E-state index is 11.8. The van der Waals surface area contributed by atoms with E-state index in [9.17, 15) is 4.79 Å². The first-order valence-corrected chi connectivity index (χ1v) is 5.83. The SMILES string of the molecule is Cc1cccc(-c2ccc(C(=O)N(C)C)cc2)n1. The summed E-state index contributed by atoms with van der Waals surface area (Å²) in [7, 11) is 3.50. The van der Waals surface area contributed by atoms with Gasteiger partial charge in [0.2, 0.25) is 0 Å². The fourth-order valence-corrected chi connectivity index (χ4v) is 1.75. The number of rotatable bonds is 2. The van der Waals surface area contributed by atoms with Crippen LogP contribution in [0.5, 0.6) is 0 Å². The van der Waals surface area contributed by atoms with E-state index < -0.39 is 0 Å². The van der Waals surface area contributed by atoms with Crippen LogP contribution in [0, 0.1) is 6.92 Å². The van der Waals surface area contributed by atoms with Gasteiger partial charge >= 0.3 is 0 Å². The molecule has 92 valence electrons. The molecule has 1 amide bonds. The summed E-state index contributed by atoms with van der Waals surface area (Å²) in [5, 5.41) is 0. The van der Waals surface area contributed by atoms with Gasteiger partial charge in [-0.1, -0.05) is 18.2 Å². The van der Waals surface area contributed by atoms with Crippen LogP contribution in [0.2, 0.25) is 0 Å². The molecule has 0 bridgehead atoms. The Morgan fingerprint density at radius 1 is 1.06 bits per heavy atom. The molecule has 0 radical (unpaired) electrons. The van der Waals surface area contributed by atoms with Gasteiger partial charge in [-0.3, -0.25) is 9.78 Å². The third kappa shape index (κ3) is 2.56. The lowest BCUT2D eigenvalue weighted by atomic mass is 10.1. The van der Waals surface area contributed by atoms with Gasteiger partial charge < -0.3 is 4.90 Å². The highest BCUT2D eigenvalue weighted by Gasteiger charge is 2.07. The normalized spacial score (nSPS) is 10.2. The van der Waals surface area contributed by atoms with Gasteiger partial charge in [-0.25, -0.2) is 0 Å². The molecule has 0 fully saturated rings. The zero-order valence-corrected chi connectivity index (χ0v) is 10.8. The molecule has 0 aliphatic heterocycles. The predicted molar refractivity (Wildman–Crippen MR) is 72.4 cm³/mol. The third-order valence-corrected chi connectivity index (χ3v) is 2.72. The first-order chi connectivity index (χ1) is 8.58. The highest BCUT2D eigenvalue weighted by molar-refractivity contribution is 5.94. The van der Waals surface area contributed by atoms with E-state index >= 15 is 0 Å². The fourth-order valence-electron chi connectivity index (χ4n) is 1.75. The molecule has 3 heteroatoms. The summed E-state index contributed by atoms with van der Waals surface area (Å²) in [6.07, 6.45) is 0. The second-order valence-electron chi connectivity index (χ2n) is 4.44. The Morgan fingerprint density at radius 3 is 2.28 bits per heavy atom. The number of hydrogen-bond acceptors (Lipinski definition) is 2. The van der Waals surface area contributed by atoms with Gasteiger partial charge in [0, 0.05) is 30.9 Å². The number of pyridine rings is 1. The van der Waals surface area contributed by atoms with Gasteiger partial charge in [-0.15, -0.1) is 0 Å². The number of aryl methyl sites for hydroxylation is 1. The van der Waals surface area contributed by atoms with Crippen molar-refractivity contribution in [3.63, 3.8) is 0 Å². The second-order valence-corrected chi connectivity index (χ2v) is 4.44. The average Bonchev–Trinajstić information content (AvgIpc) is 2.38. The Kier molecular flexibility index (Phi) is 3.42. The van der Waals surface area contributed by atoms with Crippen molar-refractivity contribution >= 4 is 5.91 Å². The quantitative estimate of drug-likeness (QED) is 0.808. The van der Waals surface area contributed by atoms with E-state index in [1.165, 1.54) is 0 Å². The minimum atomic E-state index is 0.0127. The number of aromatic nitrogens is 1. The van der Waals surface area contributed by atoms with E-state index in [1.807, 2.05) is 49.4 Å². The highest BCUT2D eigenvalue weighted by Crippen LogP contribution is 2.18. The molecule has 0 saturated carbocycles. The first-order valence-electron chi connectivity index (χ1n) is 5.83. The van der Waals surface area contributed by atoms with E-state index in [1.54, 1.807) is 19.0 Å². The topological polar surface area (TPSA) is 33.2 Å². The van der Waals surface area contributed by atoms with Crippen molar-refractivity contribution in [3.8, 4) is 11.3 Å². The molecule has 0 aliphatic carbocycles. The van der Waals surface area contributed by atoms with E-state index in [0.29, 0.717) is 5.56 Å². The number of carbonyl (C=O) groups is 1. The van der Waals surface area contributed by atoms with Crippen LogP contribution >= 0.6 is 0 Å². The van der Waals surface area contributed by atoms with E-state index in [2.05, 4.69) is 4.98 Å². The van der Waals surface area contributed by atoms with Crippen molar-refractivity contribution < 1.29 is 4.79 Å². The Morgan fingerprint density at radius 2 is 1.72 bits per heavy atom. The van der Waals surface area contributed by atoms with Crippen LogP contribution in [-0.4, -0.2) is 29.9 Å². The van der Waals surface area contributed by atoms with E-state index in [4.69, 9.17) is 0 Å². The molecule has 2 rings (SSSR count). The van der Waals surface area contributed by atoms with Crippen molar-refractivity contribution in [3.05, 3.63) is 53.7 Å². The largest absolute Gasteiger partial charge is 0.345 e. The van der Waals surface area contributed by atoms with Crippen LogP contribution < -0.4 is 0 Å². The van der Waals surface area contributed by atoms with Gasteiger partial charge in [0.25, 0.3) is 5.91 Å². The Balaban J connectivity index is 2.30. The first kappa shape index (κ1) is 12.3. The maximum Gasteiger partial charge on any atom is 0.253 e. The fraction of sp³-hybridized carbons (Fsp3) is 0.200. The second kappa shape index (κ2) is 5.00. The van der Waals surface area contributed by atoms with Crippen molar-refractivity contribution in [2.45, 2.75) is 6.92 Å². The number of hydrogen-bond donors (Lipinski definition) is 0. The van der Waals surface area contributed by atoms with Crippen LogP contribution in [0.4, 0.5) is 0 Å². The summed E-state index contributed by atoms with van der Waals surface area (Å²) < 4.78 is 0. The van der Waals surface area contributed by atoms with Crippen LogP contribution in [-0.2, 0) is 0 Å². The lowest BCUT2D eigenvalue weighted by Gasteiger charge is -2.10. The van der Waals surface area contributed by atoms with Gasteiger partial charge in [0.05, 0.1) is 5.69 Å². The van der Waals surface area contributed by atoms with Crippen molar-refractivity contribution in [2.75, 3.05) is 14.1 Å². The summed E-state index contributed by atoms with van der Waals surface area (Å²) in [6.45, 7) is 1.97. The molecule has 1 heterocycles. The molecule has 0 spiro atoms. The van der Waals surface area contributed by atoms with E-state index in [0.717, 1.165) is 17.0 Å². The summed E-state index contributed by atoms with van der Waals surface area (Å²) >= 11 is 0. The van der Waals surface area contributed by atoms with Crippen LogP contribution in [0.15, 0.2) is 42.5 Å². The Labute approximate surface area is 107 Å². The minimum absolute atomic E-state index is 0.0127. The molecule has 0 saturated heterocycles. The molecule has 2 aromatic rings. The van der Waals surface area contributed by atoms with Crippen LogP contribution in [0.25, 0.3) is 11.3 Å². The molecule has 0 N–H and O–H groups in total. The summed E-state index contributed by atoms with van der Waals surface area (Å²) in [4.78, 5) is 17.8. The molecule has 0 atom stereocenters. The third-order valence-electron chi connectivity index (χ3n) is 2.72. The molecule has 3 nitrogen and oxygen atoms in total. The van der Waals surface area contributed by atoms with Crippen molar-refractivity contribution in [2.24, 2.45) is 0 Å². The average molecular weight is 240 g/mol. The number of amides is 1. The zero-order chi connectivity index (χ0) is 13.1. The Bertz CT molecular complexity index is 559. The number of nitrogens with zero attached hydrogens (tertiary/aromatic N) is 2. The molecular weight excluding hydrogens is 224 g/mol. The van der Waals surface area contributed by atoms with Gasteiger partial charge in [-0.2, -0.15) is 0 Å². The maximum atomic E-state index is 11.8. The van der Waals surface area contributed by atoms with E-state index in [-0.39, 0.29) is 5.91 Å². The van der Waals surface area contributed by atoms with Crippen LogP contribution in [0.3, 0.4) is 0 Å². The smallest absolute Gasteiger partial charge is 0.253 e. The van der Waals surface area contributed by atoms with Gasteiger partial charge in [0.1, 0.15) is 0 Å². The van der Waals surface area contributed by atoms with Crippen molar-refractivity contribution in [1.29, 1.82) is 0 Å². The van der Waals surface area contributed by atoms with Gasteiger partial charge in [-0.05, 0) is 31.2 Å². The molecule has 1 aromatic carbocycles. The monoisotopic (exact) mass is 240 g/mol. The minimum Gasteiger partial charge on any atom is -0.345 e.